The van der Waals surface area contributed by atoms with Gasteiger partial charge in [-0.1, -0.05) is 53.5 Å². The number of nitrogens with zero attached hydrogens (tertiary/aromatic N) is 2. The molecule has 0 aliphatic rings. The summed E-state index contributed by atoms with van der Waals surface area (Å²) in [6, 6.07) is 13.2. The van der Waals surface area contributed by atoms with Gasteiger partial charge in [-0.15, -0.1) is 0 Å². The minimum atomic E-state index is -3.72. The van der Waals surface area contributed by atoms with Gasteiger partial charge in [-0.05, 0) is 23.8 Å². The Morgan fingerprint density at radius 1 is 1.00 bits per heavy atom. The molecule has 2 rings (SSSR count). The van der Waals surface area contributed by atoms with E-state index in [4.69, 9.17) is 23.2 Å². The highest BCUT2D eigenvalue weighted by atomic mass is 35.5. The van der Waals surface area contributed by atoms with Crippen molar-refractivity contribution in [3.63, 3.8) is 0 Å². The highest BCUT2D eigenvalue weighted by Gasteiger charge is 2.24. The molecule has 0 atom stereocenters. The lowest BCUT2D eigenvalue weighted by atomic mass is 10.2. The van der Waals surface area contributed by atoms with Gasteiger partial charge in [-0.25, -0.2) is 8.42 Å². The number of sulfonamides is 1. The van der Waals surface area contributed by atoms with E-state index in [1.165, 1.54) is 24.1 Å². The van der Waals surface area contributed by atoms with Crippen molar-refractivity contribution < 1.29 is 13.2 Å². The second-order valence-corrected chi connectivity index (χ2v) is 8.37. The Bertz CT molecular complexity index is 857. The molecule has 0 saturated carbocycles. The number of halogens is 2. The van der Waals surface area contributed by atoms with Crippen molar-refractivity contribution in [1.29, 1.82) is 0 Å². The van der Waals surface area contributed by atoms with Crippen LogP contribution in [0.4, 0.5) is 0 Å². The lowest BCUT2D eigenvalue weighted by Crippen LogP contribution is -2.39. The van der Waals surface area contributed by atoms with Gasteiger partial charge in [0.05, 0.1) is 21.5 Å². The van der Waals surface area contributed by atoms with Crippen LogP contribution in [-0.4, -0.2) is 44.2 Å². The number of hydrogen-bond donors (Lipinski definition) is 0. The SMILES string of the molecule is CN(Cc1cccc(Cl)c1Cl)C(=O)CN(C)S(=O)(=O)c1ccccc1. The first kappa shape index (κ1) is 19.7. The molecule has 8 heteroatoms. The van der Waals surface area contributed by atoms with Crippen molar-refractivity contribution in [3.8, 4) is 0 Å². The zero-order valence-electron chi connectivity index (χ0n) is 13.8. The normalized spacial score (nSPS) is 11.6. The molecular weight excluding hydrogens is 383 g/mol. The molecule has 25 heavy (non-hydrogen) atoms. The third-order valence-corrected chi connectivity index (χ3v) is 6.35. The third-order valence-electron chi connectivity index (χ3n) is 3.67. The number of hydrogen-bond acceptors (Lipinski definition) is 3. The molecule has 2 aromatic carbocycles. The lowest BCUT2D eigenvalue weighted by molar-refractivity contribution is -0.130. The molecule has 0 spiro atoms. The maximum Gasteiger partial charge on any atom is 0.243 e. The van der Waals surface area contributed by atoms with E-state index in [1.54, 1.807) is 43.4 Å². The van der Waals surface area contributed by atoms with Crippen LogP contribution in [0, 0.1) is 0 Å². The first-order valence-corrected chi connectivity index (χ1v) is 9.61. The summed E-state index contributed by atoms with van der Waals surface area (Å²) in [6.07, 6.45) is 0. The van der Waals surface area contributed by atoms with E-state index >= 15 is 0 Å². The molecule has 0 fully saturated rings. The standard InChI is InChI=1S/C17H18Cl2N2O3S/c1-20(11-13-7-6-10-15(18)17(13)19)16(22)12-21(2)25(23,24)14-8-4-3-5-9-14/h3-10H,11-12H2,1-2H3. The summed E-state index contributed by atoms with van der Waals surface area (Å²) >= 11 is 12.1. The summed E-state index contributed by atoms with van der Waals surface area (Å²) in [6.45, 7) is -0.0383. The van der Waals surface area contributed by atoms with Crippen LogP contribution in [0.15, 0.2) is 53.4 Å². The van der Waals surface area contributed by atoms with Crippen molar-refractivity contribution in [1.82, 2.24) is 9.21 Å². The number of amides is 1. The van der Waals surface area contributed by atoms with Gasteiger partial charge in [0.25, 0.3) is 0 Å². The fraction of sp³-hybridized carbons (Fsp3) is 0.235. The van der Waals surface area contributed by atoms with Crippen LogP contribution in [0.3, 0.4) is 0 Å². The van der Waals surface area contributed by atoms with Crippen LogP contribution in [0.25, 0.3) is 0 Å². The van der Waals surface area contributed by atoms with E-state index in [1.807, 2.05) is 0 Å². The molecule has 1 amide bonds. The first-order chi connectivity index (χ1) is 11.7. The van der Waals surface area contributed by atoms with Crippen molar-refractivity contribution in [2.45, 2.75) is 11.4 Å². The predicted octanol–water partition coefficient (Wildman–Crippen LogP) is 3.27. The summed E-state index contributed by atoms with van der Waals surface area (Å²) < 4.78 is 26.0. The largest absolute Gasteiger partial charge is 0.340 e. The molecule has 0 N–H and O–H groups in total. The Hall–Kier alpha value is -1.60. The molecule has 134 valence electrons. The Morgan fingerprint density at radius 3 is 2.28 bits per heavy atom. The van der Waals surface area contributed by atoms with Crippen LogP contribution in [0.1, 0.15) is 5.56 Å². The van der Waals surface area contributed by atoms with Crippen LogP contribution >= 0.6 is 23.2 Å². The molecule has 0 saturated heterocycles. The van der Waals surface area contributed by atoms with Gasteiger partial charge in [0.2, 0.25) is 15.9 Å². The van der Waals surface area contributed by atoms with Crippen molar-refractivity contribution >= 4 is 39.1 Å². The summed E-state index contributed by atoms with van der Waals surface area (Å²) in [4.78, 5) is 13.9. The maximum atomic E-state index is 12.5. The molecular formula is C17H18Cl2N2O3S. The summed E-state index contributed by atoms with van der Waals surface area (Å²) in [5.41, 5.74) is 0.693. The highest BCUT2D eigenvalue weighted by molar-refractivity contribution is 7.89. The van der Waals surface area contributed by atoms with Gasteiger partial charge in [-0.2, -0.15) is 4.31 Å². The fourth-order valence-electron chi connectivity index (χ4n) is 2.18. The van der Waals surface area contributed by atoms with Crippen LogP contribution in [0.2, 0.25) is 10.0 Å². The Kier molecular flexibility index (Phi) is 6.46. The van der Waals surface area contributed by atoms with E-state index < -0.39 is 10.0 Å². The topological polar surface area (TPSA) is 57.7 Å². The van der Waals surface area contributed by atoms with Crippen LogP contribution in [-0.2, 0) is 21.4 Å². The van der Waals surface area contributed by atoms with Crippen LogP contribution < -0.4 is 0 Å². The van der Waals surface area contributed by atoms with Gasteiger partial charge < -0.3 is 4.90 Å². The molecule has 0 unspecified atom stereocenters. The number of likely N-dealkylation sites (N-methyl/N-ethyl adjacent to an activating group) is 2. The van der Waals surface area contributed by atoms with Gasteiger partial charge in [0.1, 0.15) is 0 Å². The molecule has 0 aliphatic carbocycles. The fourth-order valence-corrected chi connectivity index (χ4v) is 3.70. The summed E-state index contributed by atoms with van der Waals surface area (Å²) in [5, 5.41) is 0.790. The molecule has 0 aliphatic heterocycles. The minimum Gasteiger partial charge on any atom is -0.340 e. The summed E-state index contributed by atoms with van der Waals surface area (Å²) in [7, 11) is -0.755. The third kappa shape index (κ3) is 4.73. The Morgan fingerprint density at radius 2 is 1.64 bits per heavy atom. The molecule has 0 heterocycles. The zero-order chi connectivity index (χ0) is 18.6. The highest BCUT2D eigenvalue weighted by Crippen LogP contribution is 2.26. The first-order valence-electron chi connectivity index (χ1n) is 7.41. The average molecular weight is 401 g/mol. The number of carbonyl (C=O) groups excluding carboxylic acids is 1. The summed E-state index contributed by atoms with van der Waals surface area (Å²) in [5.74, 6) is -0.349. The second-order valence-electron chi connectivity index (χ2n) is 5.54. The smallest absolute Gasteiger partial charge is 0.243 e. The number of benzene rings is 2. The molecule has 0 aromatic heterocycles. The number of carbonyl (C=O) groups is 1. The quantitative estimate of drug-likeness (QED) is 0.747. The van der Waals surface area contributed by atoms with E-state index in [2.05, 4.69) is 0 Å². The van der Waals surface area contributed by atoms with Gasteiger partial charge in [0, 0.05) is 20.6 Å². The van der Waals surface area contributed by atoms with Gasteiger partial charge >= 0.3 is 0 Å². The molecule has 2 aromatic rings. The van der Waals surface area contributed by atoms with E-state index in [0.717, 1.165) is 4.31 Å². The average Bonchev–Trinajstić information content (AvgIpc) is 2.59. The number of rotatable bonds is 6. The minimum absolute atomic E-state index is 0.144. The molecule has 0 bridgehead atoms. The molecule has 5 nitrogen and oxygen atoms in total. The second kappa shape index (κ2) is 8.19. The Labute approximate surface area is 157 Å². The van der Waals surface area contributed by atoms with Gasteiger partial charge in [-0.3, -0.25) is 4.79 Å². The van der Waals surface area contributed by atoms with Crippen molar-refractivity contribution in [3.05, 3.63) is 64.1 Å². The van der Waals surface area contributed by atoms with E-state index in [0.29, 0.717) is 15.6 Å². The van der Waals surface area contributed by atoms with Crippen molar-refractivity contribution in [2.75, 3.05) is 20.6 Å². The zero-order valence-corrected chi connectivity index (χ0v) is 16.1. The van der Waals surface area contributed by atoms with Crippen LogP contribution in [0.5, 0.6) is 0 Å². The monoisotopic (exact) mass is 400 g/mol. The Balaban J connectivity index is 2.07. The van der Waals surface area contributed by atoms with Gasteiger partial charge in [0.15, 0.2) is 0 Å². The lowest BCUT2D eigenvalue weighted by Gasteiger charge is -2.22. The molecule has 0 radical (unpaired) electrons. The predicted molar refractivity (Wildman–Crippen MR) is 99.2 cm³/mol. The van der Waals surface area contributed by atoms with Crippen molar-refractivity contribution in [2.24, 2.45) is 0 Å². The maximum absolute atomic E-state index is 12.5. The van der Waals surface area contributed by atoms with E-state index in [9.17, 15) is 13.2 Å². The van der Waals surface area contributed by atoms with E-state index in [-0.39, 0.29) is 23.9 Å².